The van der Waals surface area contributed by atoms with E-state index in [4.69, 9.17) is 11.5 Å². The number of hydrogen-bond acceptors (Lipinski definition) is 3. The SMILES string of the molecule is CCN(CC)C(=O)N(CC(N)=O)Cc1ccc(N)cc1. The van der Waals surface area contributed by atoms with E-state index in [-0.39, 0.29) is 12.6 Å². The van der Waals surface area contributed by atoms with Crippen molar-refractivity contribution in [3.8, 4) is 0 Å². The number of nitrogens with two attached hydrogens (primary N) is 2. The third-order valence-electron chi connectivity index (χ3n) is 3.00. The van der Waals surface area contributed by atoms with E-state index in [2.05, 4.69) is 0 Å². The zero-order chi connectivity index (χ0) is 15.1. The lowest BCUT2D eigenvalue weighted by Gasteiger charge is -2.28. The summed E-state index contributed by atoms with van der Waals surface area (Å²) in [6, 6.07) is 7.00. The first-order chi connectivity index (χ1) is 9.47. The number of nitrogens with zero attached hydrogens (tertiary/aromatic N) is 2. The molecule has 0 aromatic heterocycles. The Balaban J connectivity index is 2.85. The molecule has 0 unspecified atom stereocenters. The number of hydrogen-bond donors (Lipinski definition) is 2. The second-order valence-corrected chi connectivity index (χ2v) is 4.52. The van der Waals surface area contributed by atoms with E-state index in [1.807, 2.05) is 26.0 Å². The third kappa shape index (κ3) is 4.46. The minimum Gasteiger partial charge on any atom is -0.399 e. The molecule has 0 bridgehead atoms. The van der Waals surface area contributed by atoms with Gasteiger partial charge in [0.15, 0.2) is 0 Å². The average Bonchev–Trinajstić information content (AvgIpc) is 2.41. The molecule has 6 heteroatoms. The van der Waals surface area contributed by atoms with Crippen molar-refractivity contribution >= 4 is 17.6 Å². The van der Waals surface area contributed by atoms with Crippen LogP contribution in [-0.4, -0.2) is 41.4 Å². The molecule has 1 aromatic rings. The first kappa shape index (κ1) is 15.8. The lowest BCUT2D eigenvalue weighted by atomic mass is 10.2. The molecule has 110 valence electrons. The van der Waals surface area contributed by atoms with Crippen molar-refractivity contribution < 1.29 is 9.59 Å². The molecule has 4 N–H and O–H groups in total. The Morgan fingerprint density at radius 3 is 2.05 bits per heavy atom. The molecule has 0 fully saturated rings. The Bertz CT molecular complexity index is 455. The van der Waals surface area contributed by atoms with E-state index in [0.717, 1.165) is 5.56 Å². The smallest absolute Gasteiger partial charge is 0.320 e. The van der Waals surface area contributed by atoms with Gasteiger partial charge in [0.1, 0.15) is 6.54 Å². The molecule has 0 saturated heterocycles. The average molecular weight is 278 g/mol. The van der Waals surface area contributed by atoms with Gasteiger partial charge in [-0.05, 0) is 31.5 Å². The highest BCUT2D eigenvalue weighted by molar-refractivity contribution is 5.83. The second kappa shape index (κ2) is 7.37. The first-order valence-corrected chi connectivity index (χ1v) is 6.64. The molecule has 20 heavy (non-hydrogen) atoms. The van der Waals surface area contributed by atoms with Gasteiger partial charge in [0.25, 0.3) is 0 Å². The van der Waals surface area contributed by atoms with E-state index in [0.29, 0.717) is 25.3 Å². The number of rotatable bonds is 6. The van der Waals surface area contributed by atoms with Gasteiger partial charge in [0.05, 0.1) is 0 Å². The number of carbonyl (C=O) groups is 2. The van der Waals surface area contributed by atoms with Gasteiger partial charge in [-0.15, -0.1) is 0 Å². The largest absolute Gasteiger partial charge is 0.399 e. The number of nitrogen functional groups attached to an aromatic ring is 1. The van der Waals surface area contributed by atoms with Crippen LogP contribution in [0.25, 0.3) is 0 Å². The van der Waals surface area contributed by atoms with Crippen LogP contribution in [0.15, 0.2) is 24.3 Å². The maximum Gasteiger partial charge on any atom is 0.320 e. The fourth-order valence-electron chi connectivity index (χ4n) is 1.92. The predicted octanol–water partition coefficient (Wildman–Crippen LogP) is 1.02. The summed E-state index contributed by atoms with van der Waals surface area (Å²) in [5.41, 5.74) is 12.4. The number of primary amides is 1. The van der Waals surface area contributed by atoms with Crippen LogP contribution in [0.4, 0.5) is 10.5 Å². The maximum atomic E-state index is 12.3. The zero-order valence-corrected chi connectivity index (χ0v) is 12.0. The third-order valence-corrected chi connectivity index (χ3v) is 3.00. The molecule has 0 aliphatic carbocycles. The summed E-state index contributed by atoms with van der Waals surface area (Å²) in [5, 5.41) is 0. The quantitative estimate of drug-likeness (QED) is 0.761. The van der Waals surface area contributed by atoms with Crippen LogP contribution >= 0.6 is 0 Å². The number of urea groups is 1. The Kier molecular flexibility index (Phi) is 5.83. The van der Waals surface area contributed by atoms with Crippen LogP contribution in [0.1, 0.15) is 19.4 Å². The topological polar surface area (TPSA) is 92.7 Å². The Labute approximate surface area is 119 Å². The van der Waals surface area contributed by atoms with Crippen LogP contribution in [0.5, 0.6) is 0 Å². The van der Waals surface area contributed by atoms with Crippen molar-refractivity contribution in [2.75, 3.05) is 25.4 Å². The highest BCUT2D eigenvalue weighted by atomic mass is 16.2. The standard InChI is InChI=1S/C14H22N4O2/c1-3-17(4-2)14(20)18(10-13(16)19)9-11-5-7-12(15)8-6-11/h5-8H,3-4,9-10,15H2,1-2H3,(H2,16,19). The Morgan fingerprint density at radius 1 is 1.05 bits per heavy atom. The van der Waals surface area contributed by atoms with E-state index in [1.54, 1.807) is 17.0 Å². The molecule has 0 spiro atoms. The number of carbonyl (C=O) groups excluding carboxylic acids is 2. The van der Waals surface area contributed by atoms with Crippen LogP contribution in [-0.2, 0) is 11.3 Å². The molecule has 1 aromatic carbocycles. The Hall–Kier alpha value is -2.24. The van der Waals surface area contributed by atoms with Crippen LogP contribution in [0, 0.1) is 0 Å². The van der Waals surface area contributed by atoms with Gasteiger partial charge in [0, 0.05) is 25.3 Å². The van der Waals surface area contributed by atoms with E-state index in [9.17, 15) is 9.59 Å². The fourth-order valence-corrected chi connectivity index (χ4v) is 1.92. The van der Waals surface area contributed by atoms with Gasteiger partial charge in [0.2, 0.25) is 5.91 Å². The summed E-state index contributed by atoms with van der Waals surface area (Å²) in [5.74, 6) is -0.527. The Morgan fingerprint density at radius 2 is 1.60 bits per heavy atom. The molecule has 0 atom stereocenters. The van der Waals surface area contributed by atoms with Gasteiger partial charge in [-0.3, -0.25) is 4.79 Å². The van der Waals surface area contributed by atoms with Crippen LogP contribution in [0.3, 0.4) is 0 Å². The molecule has 1 rings (SSSR count). The molecule has 3 amide bonds. The van der Waals surface area contributed by atoms with Crippen LogP contribution in [0.2, 0.25) is 0 Å². The van der Waals surface area contributed by atoms with E-state index < -0.39 is 5.91 Å². The molecule has 6 nitrogen and oxygen atoms in total. The highest BCUT2D eigenvalue weighted by Gasteiger charge is 2.20. The first-order valence-electron chi connectivity index (χ1n) is 6.64. The summed E-state index contributed by atoms with van der Waals surface area (Å²) >= 11 is 0. The van der Waals surface area contributed by atoms with Crippen molar-refractivity contribution in [3.05, 3.63) is 29.8 Å². The van der Waals surface area contributed by atoms with Gasteiger partial charge in [-0.2, -0.15) is 0 Å². The molecular formula is C14H22N4O2. The molecular weight excluding hydrogens is 256 g/mol. The second-order valence-electron chi connectivity index (χ2n) is 4.52. The van der Waals surface area contributed by atoms with E-state index >= 15 is 0 Å². The number of anilines is 1. The maximum absolute atomic E-state index is 12.3. The van der Waals surface area contributed by atoms with Crippen LogP contribution < -0.4 is 11.5 Å². The van der Waals surface area contributed by atoms with Crippen molar-refractivity contribution in [2.24, 2.45) is 5.73 Å². The molecule has 0 aliphatic rings. The van der Waals surface area contributed by atoms with Gasteiger partial charge in [-0.25, -0.2) is 4.79 Å². The summed E-state index contributed by atoms with van der Waals surface area (Å²) < 4.78 is 0. The summed E-state index contributed by atoms with van der Waals surface area (Å²) in [6.45, 7) is 5.21. The highest BCUT2D eigenvalue weighted by Crippen LogP contribution is 2.10. The van der Waals surface area contributed by atoms with Gasteiger partial charge >= 0.3 is 6.03 Å². The number of amides is 3. The minimum absolute atomic E-state index is 0.0975. The van der Waals surface area contributed by atoms with Gasteiger partial charge < -0.3 is 21.3 Å². The summed E-state index contributed by atoms with van der Waals surface area (Å²) in [4.78, 5) is 26.6. The monoisotopic (exact) mass is 278 g/mol. The minimum atomic E-state index is -0.527. The fraction of sp³-hybridized carbons (Fsp3) is 0.429. The number of benzene rings is 1. The van der Waals surface area contributed by atoms with Crippen molar-refractivity contribution in [1.29, 1.82) is 0 Å². The normalized spacial score (nSPS) is 10.1. The summed E-state index contributed by atoms with van der Waals surface area (Å²) in [6.07, 6.45) is 0. The zero-order valence-electron chi connectivity index (χ0n) is 12.0. The van der Waals surface area contributed by atoms with Crippen molar-refractivity contribution in [3.63, 3.8) is 0 Å². The molecule has 0 radical (unpaired) electrons. The van der Waals surface area contributed by atoms with Crippen molar-refractivity contribution in [1.82, 2.24) is 9.80 Å². The van der Waals surface area contributed by atoms with E-state index in [1.165, 1.54) is 4.90 Å². The summed E-state index contributed by atoms with van der Waals surface area (Å²) in [7, 11) is 0. The van der Waals surface area contributed by atoms with Gasteiger partial charge in [-0.1, -0.05) is 12.1 Å². The molecule has 0 aliphatic heterocycles. The predicted molar refractivity (Wildman–Crippen MR) is 78.8 cm³/mol. The lowest BCUT2D eigenvalue weighted by molar-refractivity contribution is -0.118. The molecule has 0 heterocycles. The lowest BCUT2D eigenvalue weighted by Crippen LogP contribution is -2.46. The molecule has 0 saturated carbocycles. The van der Waals surface area contributed by atoms with Crippen molar-refractivity contribution in [2.45, 2.75) is 20.4 Å².